The molecule has 5 heteroatoms. The lowest BCUT2D eigenvalue weighted by molar-refractivity contribution is 0.0955. The van der Waals surface area contributed by atoms with Gasteiger partial charge < -0.3 is 9.47 Å². The van der Waals surface area contributed by atoms with Crippen molar-refractivity contribution in [2.75, 3.05) is 13.7 Å². The summed E-state index contributed by atoms with van der Waals surface area (Å²) >= 11 is 0. The Balaban J connectivity index is 1.91. The normalized spacial score (nSPS) is 11.2. The van der Waals surface area contributed by atoms with Crippen molar-refractivity contribution in [1.29, 1.82) is 0 Å². The third kappa shape index (κ3) is 5.94. The van der Waals surface area contributed by atoms with E-state index in [0.29, 0.717) is 23.6 Å². The predicted molar refractivity (Wildman–Crippen MR) is 105 cm³/mol. The van der Waals surface area contributed by atoms with Gasteiger partial charge in [-0.2, -0.15) is 5.10 Å². The Morgan fingerprint density at radius 3 is 2.38 bits per heavy atom. The zero-order chi connectivity index (χ0) is 18.8. The van der Waals surface area contributed by atoms with Crippen molar-refractivity contribution in [2.45, 2.75) is 6.92 Å². The first-order chi connectivity index (χ1) is 12.6. The molecule has 0 aromatic heterocycles. The van der Waals surface area contributed by atoms with Crippen LogP contribution in [0.3, 0.4) is 0 Å². The smallest absolute Gasteiger partial charge is 0.271 e. The largest absolute Gasteiger partial charge is 0.497 e. The molecule has 0 fully saturated rings. The van der Waals surface area contributed by atoms with Crippen molar-refractivity contribution in [1.82, 2.24) is 5.43 Å². The lowest BCUT2D eigenvalue weighted by atomic mass is 10.2. The van der Waals surface area contributed by atoms with Crippen molar-refractivity contribution in [3.63, 3.8) is 0 Å². The summed E-state index contributed by atoms with van der Waals surface area (Å²) < 4.78 is 10.5. The molecule has 0 unspecified atom stereocenters. The number of hydrogen-bond acceptors (Lipinski definition) is 4. The van der Waals surface area contributed by atoms with Crippen LogP contribution < -0.4 is 14.9 Å². The molecule has 0 bridgehead atoms. The lowest BCUT2D eigenvalue weighted by Gasteiger charge is -2.04. The van der Waals surface area contributed by atoms with Gasteiger partial charge in [0.2, 0.25) is 0 Å². The zero-order valence-corrected chi connectivity index (χ0v) is 14.9. The van der Waals surface area contributed by atoms with E-state index in [0.717, 1.165) is 11.3 Å². The first-order valence-electron chi connectivity index (χ1n) is 8.13. The van der Waals surface area contributed by atoms with Crippen LogP contribution in [0.15, 0.2) is 72.4 Å². The maximum absolute atomic E-state index is 12.1. The van der Waals surface area contributed by atoms with E-state index >= 15 is 0 Å². The Bertz CT molecular complexity index is 791. The van der Waals surface area contributed by atoms with E-state index in [4.69, 9.17) is 9.47 Å². The highest BCUT2D eigenvalue weighted by atomic mass is 16.5. The molecule has 0 spiro atoms. The molecular weight excluding hydrogens is 328 g/mol. The zero-order valence-electron chi connectivity index (χ0n) is 14.9. The molecule has 0 aliphatic rings. The highest BCUT2D eigenvalue weighted by Crippen LogP contribution is 2.13. The fourth-order valence-corrected chi connectivity index (χ4v) is 2.03. The van der Waals surface area contributed by atoms with Crippen LogP contribution in [-0.2, 0) is 0 Å². The van der Waals surface area contributed by atoms with Gasteiger partial charge in [-0.15, -0.1) is 0 Å². The van der Waals surface area contributed by atoms with Crippen LogP contribution in [0.5, 0.6) is 11.5 Å². The molecule has 5 nitrogen and oxygen atoms in total. The number of methoxy groups -OCH3 is 1. The predicted octanol–water partition coefficient (Wildman–Crippen LogP) is 4.08. The number of carbonyl (C=O) groups is 1. The fraction of sp³-hybridized carbons (Fsp3) is 0.143. The molecule has 2 aromatic carbocycles. The van der Waals surface area contributed by atoms with Crippen molar-refractivity contribution < 1.29 is 14.3 Å². The summed E-state index contributed by atoms with van der Waals surface area (Å²) in [5.74, 6) is 1.21. The second-order valence-corrected chi connectivity index (χ2v) is 5.42. The standard InChI is InChI=1S/C21H22N2O3/c1-4-15-26-20-13-9-18(10-14-20)21(24)23-22-16(2)5-6-17-7-11-19(25-3)12-8-17/h4-14H,1,15H2,2-3H3,(H,23,24)/b6-5+,22-16+. The van der Waals surface area contributed by atoms with Crippen molar-refractivity contribution in [3.8, 4) is 11.5 Å². The van der Waals surface area contributed by atoms with E-state index in [1.54, 1.807) is 37.5 Å². The number of nitrogens with zero attached hydrogens (tertiary/aromatic N) is 1. The molecule has 134 valence electrons. The van der Waals surface area contributed by atoms with Crippen LogP contribution in [0, 0.1) is 0 Å². The van der Waals surface area contributed by atoms with Crippen LogP contribution in [0.2, 0.25) is 0 Å². The molecule has 0 aliphatic heterocycles. The van der Waals surface area contributed by atoms with Gasteiger partial charge in [-0.05, 0) is 55.0 Å². The Morgan fingerprint density at radius 2 is 1.77 bits per heavy atom. The first-order valence-corrected chi connectivity index (χ1v) is 8.13. The maximum Gasteiger partial charge on any atom is 0.271 e. The number of allylic oxidation sites excluding steroid dienone is 1. The third-order valence-corrected chi connectivity index (χ3v) is 3.45. The van der Waals surface area contributed by atoms with E-state index in [-0.39, 0.29) is 5.91 Å². The first kappa shape index (κ1) is 19.0. The highest BCUT2D eigenvalue weighted by molar-refractivity contribution is 5.99. The summed E-state index contributed by atoms with van der Waals surface area (Å²) in [6.07, 6.45) is 5.40. The van der Waals surface area contributed by atoms with Crippen LogP contribution in [0.1, 0.15) is 22.8 Å². The molecule has 0 heterocycles. The van der Waals surface area contributed by atoms with Gasteiger partial charge in [0.1, 0.15) is 18.1 Å². The van der Waals surface area contributed by atoms with Crippen molar-refractivity contribution >= 4 is 17.7 Å². The number of benzene rings is 2. The van der Waals surface area contributed by atoms with Gasteiger partial charge in [-0.3, -0.25) is 4.79 Å². The summed E-state index contributed by atoms with van der Waals surface area (Å²) in [4.78, 5) is 12.1. The molecule has 0 aliphatic carbocycles. The Morgan fingerprint density at radius 1 is 1.12 bits per heavy atom. The monoisotopic (exact) mass is 350 g/mol. The molecule has 0 saturated heterocycles. The fourth-order valence-electron chi connectivity index (χ4n) is 2.03. The molecule has 0 radical (unpaired) electrons. The Kier molecular flexibility index (Phi) is 7.18. The lowest BCUT2D eigenvalue weighted by Crippen LogP contribution is -2.18. The summed E-state index contributed by atoms with van der Waals surface area (Å²) in [5, 5.41) is 4.08. The quantitative estimate of drug-likeness (QED) is 0.443. The van der Waals surface area contributed by atoms with Gasteiger partial charge in [0.05, 0.1) is 12.8 Å². The summed E-state index contributed by atoms with van der Waals surface area (Å²) in [6, 6.07) is 14.5. The second-order valence-electron chi connectivity index (χ2n) is 5.42. The van der Waals surface area contributed by atoms with E-state index in [1.165, 1.54) is 0 Å². The number of nitrogens with one attached hydrogen (secondary N) is 1. The van der Waals surface area contributed by atoms with Crippen LogP contribution in [-0.4, -0.2) is 25.3 Å². The molecule has 0 saturated carbocycles. The summed E-state index contributed by atoms with van der Waals surface area (Å²) in [7, 11) is 1.63. The minimum absolute atomic E-state index is 0.280. The average molecular weight is 350 g/mol. The van der Waals surface area contributed by atoms with E-state index in [2.05, 4.69) is 17.1 Å². The summed E-state index contributed by atoms with van der Waals surface area (Å²) in [6.45, 7) is 5.83. The van der Waals surface area contributed by atoms with Crippen LogP contribution in [0.25, 0.3) is 6.08 Å². The minimum atomic E-state index is -0.280. The van der Waals surface area contributed by atoms with E-state index in [9.17, 15) is 4.79 Å². The second kappa shape index (κ2) is 9.84. The van der Waals surface area contributed by atoms with Crippen molar-refractivity contribution in [3.05, 3.63) is 78.4 Å². The molecule has 1 N–H and O–H groups in total. The maximum atomic E-state index is 12.1. The molecule has 26 heavy (non-hydrogen) atoms. The number of hydrogen-bond donors (Lipinski definition) is 1. The number of rotatable bonds is 8. The SMILES string of the molecule is C=CCOc1ccc(C(=O)N/N=C(C)/C=C/c2ccc(OC)cc2)cc1. The van der Waals surface area contributed by atoms with Gasteiger partial charge in [-0.1, -0.05) is 30.9 Å². The number of carbonyl (C=O) groups excluding carboxylic acids is 1. The number of hydrazone groups is 1. The minimum Gasteiger partial charge on any atom is -0.497 e. The number of ether oxygens (including phenoxy) is 2. The summed E-state index contributed by atoms with van der Waals surface area (Å²) in [5.41, 5.74) is 4.74. The van der Waals surface area contributed by atoms with Crippen molar-refractivity contribution in [2.24, 2.45) is 5.10 Å². The Hall–Kier alpha value is -3.34. The molecule has 2 aromatic rings. The van der Waals surface area contributed by atoms with E-state index in [1.807, 2.05) is 43.3 Å². The molecular formula is C21H22N2O3. The third-order valence-electron chi connectivity index (χ3n) is 3.45. The van der Waals surface area contributed by atoms with Gasteiger partial charge in [-0.25, -0.2) is 5.43 Å². The topological polar surface area (TPSA) is 59.9 Å². The van der Waals surface area contributed by atoms with Crippen LogP contribution in [0.4, 0.5) is 0 Å². The van der Waals surface area contributed by atoms with Gasteiger partial charge in [0.15, 0.2) is 0 Å². The Labute approximate surface area is 153 Å². The van der Waals surface area contributed by atoms with Gasteiger partial charge >= 0.3 is 0 Å². The van der Waals surface area contributed by atoms with E-state index < -0.39 is 0 Å². The molecule has 0 atom stereocenters. The number of amides is 1. The van der Waals surface area contributed by atoms with Gasteiger partial charge in [0.25, 0.3) is 5.91 Å². The average Bonchev–Trinajstić information content (AvgIpc) is 2.69. The van der Waals surface area contributed by atoms with Gasteiger partial charge in [0, 0.05) is 5.56 Å². The molecule has 2 rings (SSSR count). The highest BCUT2D eigenvalue weighted by Gasteiger charge is 2.04. The molecule has 1 amide bonds. The van der Waals surface area contributed by atoms with Crippen LogP contribution >= 0.6 is 0 Å².